The number of rotatable bonds is 2. The van der Waals surface area contributed by atoms with Crippen LogP contribution in [0.25, 0.3) is 0 Å². The average Bonchev–Trinajstić information content (AvgIpc) is 2.39. The Morgan fingerprint density at radius 3 is 2.67 bits per heavy atom. The van der Waals surface area contributed by atoms with Crippen molar-refractivity contribution in [2.75, 3.05) is 25.1 Å². The van der Waals surface area contributed by atoms with Gasteiger partial charge in [-0.15, -0.1) is 0 Å². The molecule has 0 aromatic heterocycles. The van der Waals surface area contributed by atoms with Gasteiger partial charge in [0.05, 0.1) is 18.4 Å². The molecule has 1 aliphatic heterocycles. The Balaban J connectivity index is 2.29. The van der Waals surface area contributed by atoms with Crippen LogP contribution in [-0.2, 0) is 4.74 Å². The molecule has 3 nitrogen and oxygen atoms in total. The van der Waals surface area contributed by atoms with Crippen molar-refractivity contribution in [3.63, 3.8) is 0 Å². The topological polar surface area (TPSA) is 29.5 Å². The number of carbonyl (C=O) groups excluding carboxylic acids is 1. The maximum absolute atomic E-state index is 11.8. The van der Waals surface area contributed by atoms with Crippen LogP contribution in [0.1, 0.15) is 30.1 Å². The van der Waals surface area contributed by atoms with E-state index in [1.165, 1.54) is 20.0 Å². The molecule has 0 N–H and O–H groups in total. The molecule has 0 spiro atoms. The number of carbonyl (C=O) groups is 1. The zero-order chi connectivity index (χ0) is 13.1. The van der Waals surface area contributed by atoms with Gasteiger partial charge in [0.2, 0.25) is 0 Å². The van der Waals surface area contributed by atoms with Gasteiger partial charge in [-0.05, 0) is 37.0 Å². The molecular weight excluding hydrogens is 294 g/mol. The quantitative estimate of drug-likeness (QED) is 0.783. The van der Waals surface area contributed by atoms with Crippen LogP contribution >= 0.6 is 15.9 Å². The lowest BCUT2D eigenvalue weighted by Crippen LogP contribution is -2.33. The number of piperidine rings is 1. The third-order valence-electron chi connectivity index (χ3n) is 3.49. The minimum absolute atomic E-state index is 0.273. The molecule has 1 saturated heterocycles. The summed E-state index contributed by atoms with van der Waals surface area (Å²) in [5.74, 6) is 0.503. The van der Waals surface area contributed by atoms with Gasteiger partial charge in [-0.1, -0.05) is 22.9 Å². The van der Waals surface area contributed by atoms with E-state index in [4.69, 9.17) is 4.74 Å². The van der Waals surface area contributed by atoms with Crippen LogP contribution in [-0.4, -0.2) is 26.2 Å². The van der Waals surface area contributed by atoms with Gasteiger partial charge in [-0.25, -0.2) is 4.79 Å². The summed E-state index contributed by atoms with van der Waals surface area (Å²) >= 11 is 3.40. The molecule has 1 aromatic carbocycles. The van der Waals surface area contributed by atoms with Gasteiger partial charge < -0.3 is 9.64 Å². The van der Waals surface area contributed by atoms with Crippen LogP contribution in [0.3, 0.4) is 0 Å². The summed E-state index contributed by atoms with van der Waals surface area (Å²) in [6.45, 7) is 4.29. The molecule has 0 saturated carbocycles. The van der Waals surface area contributed by atoms with E-state index in [9.17, 15) is 4.79 Å². The molecule has 1 aliphatic rings. The molecule has 98 valence electrons. The fraction of sp³-hybridized carbons (Fsp3) is 0.500. The molecule has 0 unspecified atom stereocenters. The lowest BCUT2D eigenvalue weighted by molar-refractivity contribution is 0.0601. The standard InChI is InChI=1S/C14H18BrNO2/c1-10-5-7-16(8-6-10)13-4-3-11(15)9-12(13)14(17)18-2/h3-4,9-10H,5-8H2,1-2H3. The van der Waals surface area contributed by atoms with Crippen molar-refractivity contribution in [3.8, 4) is 0 Å². The van der Waals surface area contributed by atoms with Crippen LogP contribution in [0.2, 0.25) is 0 Å². The number of anilines is 1. The van der Waals surface area contributed by atoms with E-state index in [1.807, 2.05) is 18.2 Å². The normalized spacial score (nSPS) is 16.7. The summed E-state index contributed by atoms with van der Waals surface area (Å²) in [4.78, 5) is 14.1. The number of methoxy groups -OCH3 is 1. The molecule has 0 aliphatic carbocycles. The minimum atomic E-state index is -0.273. The highest BCUT2D eigenvalue weighted by atomic mass is 79.9. The maximum Gasteiger partial charge on any atom is 0.340 e. The van der Waals surface area contributed by atoms with E-state index in [2.05, 4.69) is 27.8 Å². The van der Waals surface area contributed by atoms with E-state index in [1.54, 1.807) is 0 Å². The van der Waals surface area contributed by atoms with Crippen molar-refractivity contribution < 1.29 is 9.53 Å². The predicted octanol–water partition coefficient (Wildman–Crippen LogP) is 3.47. The Bertz CT molecular complexity index is 439. The van der Waals surface area contributed by atoms with E-state index in [0.717, 1.165) is 29.2 Å². The summed E-state index contributed by atoms with van der Waals surface area (Å²) < 4.78 is 5.76. The predicted molar refractivity (Wildman–Crippen MR) is 76.1 cm³/mol. The molecule has 2 rings (SSSR count). The van der Waals surface area contributed by atoms with Crippen molar-refractivity contribution in [1.82, 2.24) is 0 Å². The summed E-state index contributed by atoms with van der Waals surface area (Å²) in [6.07, 6.45) is 2.35. The van der Waals surface area contributed by atoms with E-state index in [0.29, 0.717) is 5.56 Å². The highest BCUT2D eigenvalue weighted by Gasteiger charge is 2.21. The van der Waals surface area contributed by atoms with Crippen molar-refractivity contribution >= 4 is 27.6 Å². The Labute approximate surface area is 116 Å². The van der Waals surface area contributed by atoms with Gasteiger partial charge in [-0.2, -0.15) is 0 Å². The number of hydrogen-bond acceptors (Lipinski definition) is 3. The number of halogens is 1. The van der Waals surface area contributed by atoms with Crippen molar-refractivity contribution in [3.05, 3.63) is 28.2 Å². The number of hydrogen-bond donors (Lipinski definition) is 0. The number of esters is 1. The minimum Gasteiger partial charge on any atom is -0.465 e. The molecule has 1 aromatic rings. The zero-order valence-electron chi connectivity index (χ0n) is 10.8. The first-order chi connectivity index (χ1) is 8.61. The third-order valence-corrected chi connectivity index (χ3v) is 3.98. The second-order valence-corrected chi connectivity index (χ2v) is 5.74. The molecule has 0 amide bonds. The highest BCUT2D eigenvalue weighted by Crippen LogP contribution is 2.29. The summed E-state index contributed by atoms with van der Waals surface area (Å²) in [6, 6.07) is 5.80. The van der Waals surface area contributed by atoms with Crippen molar-refractivity contribution in [2.45, 2.75) is 19.8 Å². The second kappa shape index (κ2) is 5.74. The van der Waals surface area contributed by atoms with Gasteiger partial charge in [-0.3, -0.25) is 0 Å². The van der Waals surface area contributed by atoms with Gasteiger partial charge in [0.25, 0.3) is 0 Å². The van der Waals surface area contributed by atoms with Gasteiger partial charge in [0, 0.05) is 17.6 Å². The monoisotopic (exact) mass is 311 g/mol. The lowest BCUT2D eigenvalue weighted by Gasteiger charge is -2.33. The Morgan fingerprint density at radius 2 is 2.06 bits per heavy atom. The summed E-state index contributed by atoms with van der Waals surface area (Å²) in [5, 5.41) is 0. The first-order valence-electron chi connectivity index (χ1n) is 6.24. The van der Waals surface area contributed by atoms with E-state index >= 15 is 0 Å². The van der Waals surface area contributed by atoms with Gasteiger partial charge >= 0.3 is 5.97 Å². The van der Waals surface area contributed by atoms with Gasteiger partial charge in [0.1, 0.15) is 0 Å². The smallest absolute Gasteiger partial charge is 0.340 e. The highest BCUT2D eigenvalue weighted by molar-refractivity contribution is 9.10. The Hall–Kier alpha value is -1.03. The molecule has 0 radical (unpaired) electrons. The Kier molecular flexibility index (Phi) is 4.27. The molecule has 4 heteroatoms. The largest absolute Gasteiger partial charge is 0.465 e. The van der Waals surface area contributed by atoms with Crippen molar-refractivity contribution in [2.24, 2.45) is 5.92 Å². The zero-order valence-corrected chi connectivity index (χ0v) is 12.4. The SMILES string of the molecule is COC(=O)c1cc(Br)ccc1N1CCC(C)CC1. The summed E-state index contributed by atoms with van der Waals surface area (Å²) in [5.41, 5.74) is 1.62. The van der Waals surface area contributed by atoms with E-state index < -0.39 is 0 Å². The fourth-order valence-corrected chi connectivity index (χ4v) is 2.67. The van der Waals surface area contributed by atoms with Crippen LogP contribution in [0.5, 0.6) is 0 Å². The van der Waals surface area contributed by atoms with Crippen molar-refractivity contribution in [1.29, 1.82) is 0 Å². The molecule has 1 heterocycles. The average molecular weight is 312 g/mol. The number of ether oxygens (including phenoxy) is 1. The first-order valence-corrected chi connectivity index (χ1v) is 7.04. The second-order valence-electron chi connectivity index (χ2n) is 4.82. The molecular formula is C14H18BrNO2. The van der Waals surface area contributed by atoms with E-state index in [-0.39, 0.29) is 5.97 Å². The number of benzene rings is 1. The fourth-order valence-electron chi connectivity index (χ4n) is 2.31. The van der Waals surface area contributed by atoms with Crippen LogP contribution in [0.4, 0.5) is 5.69 Å². The van der Waals surface area contributed by atoms with Crippen LogP contribution in [0, 0.1) is 5.92 Å². The van der Waals surface area contributed by atoms with Gasteiger partial charge in [0.15, 0.2) is 0 Å². The molecule has 0 atom stereocenters. The Morgan fingerprint density at radius 1 is 1.39 bits per heavy atom. The van der Waals surface area contributed by atoms with Crippen LogP contribution in [0.15, 0.2) is 22.7 Å². The molecule has 1 fully saturated rings. The third kappa shape index (κ3) is 2.86. The lowest BCUT2D eigenvalue weighted by atomic mass is 9.98. The molecule has 18 heavy (non-hydrogen) atoms. The van der Waals surface area contributed by atoms with Crippen LogP contribution < -0.4 is 4.90 Å². The maximum atomic E-state index is 11.8. The first kappa shape index (κ1) is 13.4. The number of nitrogens with zero attached hydrogens (tertiary/aromatic N) is 1. The molecule has 0 bridgehead atoms. The summed E-state index contributed by atoms with van der Waals surface area (Å²) in [7, 11) is 1.42.